The molecule has 0 heterocycles. The van der Waals surface area contributed by atoms with Crippen molar-refractivity contribution in [1.29, 1.82) is 0 Å². The third-order valence-electron chi connectivity index (χ3n) is 4.34. The molecule has 0 aliphatic heterocycles. The Morgan fingerprint density at radius 1 is 1.11 bits per heavy atom. The standard InChI is InChI=1S/C16H34N2O/c1-4-12-17-15-10-8-6-7-9-11-16(15)18(5-2)13-14-19-3/h15-17H,4-14H2,1-3H3. The summed E-state index contributed by atoms with van der Waals surface area (Å²) in [7, 11) is 1.80. The summed E-state index contributed by atoms with van der Waals surface area (Å²) < 4.78 is 5.28. The van der Waals surface area contributed by atoms with Crippen LogP contribution in [0.25, 0.3) is 0 Å². The molecule has 1 fully saturated rings. The Morgan fingerprint density at radius 3 is 2.47 bits per heavy atom. The lowest BCUT2D eigenvalue weighted by molar-refractivity contribution is 0.0945. The Hall–Kier alpha value is -0.120. The van der Waals surface area contributed by atoms with Gasteiger partial charge in [0, 0.05) is 25.7 Å². The summed E-state index contributed by atoms with van der Waals surface area (Å²) >= 11 is 0. The second kappa shape index (κ2) is 10.6. The Kier molecular flexibility index (Phi) is 9.48. The van der Waals surface area contributed by atoms with Gasteiger partial charge in [-0.05, 0) is 32.4 Å². The van der Waals surface area contributed by atoms with Gasteiger partial charge in [0.05, 0.1) is 6.61 Å². The van der Waals surface area contributed by atoms with Gasteiger partial charge in [0.25, 0.3) is 0 Å². The van der Waals surface area contributed by atoms with E-state index in [1.807, 2.05) is 0 Å². The van der Waals surface area contributed by atoms with Crippen molar-refractivity contribution >= 4 is 0 Å². The van der Waals surface area contributed by atoms with E-state index < -0.39 is 0 Å². The first kappa shape index (κ1) is 16.9. The maximum Gasteiger partial charge on any atom is 0.0589 e. The van der Waals surface area contributed by atoms with E-state index in [0.717, 1.165) is 26.2 Å². The predicted octanol–water partition coefficient (Wildman–Crippen LogP) is 3.05. The molecular formula is C16H34N2O. The molecule has 0 aromatic rings. The second-order valence-electron chi connectivity index (χ2n) is 5.74. The minimum Gasteiger partial charge on any atom is -0.383 e. The molecule has 1 aliphatic rings. The lowest BCUT2D eigenvalue weighted by atomic mass is 9.91. The number of nitrogens with zero attached hydrogens (tertiary/aromatic N) is 1. The number of hydrogen-bond donors (Lipinski definition) is 1. The summed E-state index contributed by atoms with van der Waals surface area (Å²) in [6.07, 6.45) is 9.53. The minimum atomic E-state index is 0.678. The monoisotopic (exact) mass is 270 g/mol. The Morgan fingerprint density at radius 2 is 1.84 bits per heavy atom. The summed E-state index contributed by atoms with van der Waals surface area (Å²) in [5.74, 6) is 0. The number of methoxy groups -OCH3 is 1. The molecule has 19 heavy (non-hydrogen) atoms. The van der Waals surface area contributed by atoms with Crippen molar-refractivity contribution in [3.05, 3.63) is 0 Å². The first-order valence-corrected chi connectivity index (χ1v) is 8.29. The van der Waals surface area contributed by atoms with Gasteiger partial charge in [-0.25, -0.2) is 0 Å². The summed E-state index contributed by atoms with van der Waals surface area (Å²) in [6, 6.07) is 1.38. The van der Waals surface area contributed by atoms with Gasteiger partial charge >= 0.3 is 0 Å². The molecule has 2 unspecified atom stereocenters. The zero-order valence-corrected chi connectivity index (χ0v) is 13.3. The highest BCUT2D eigenvalue weighted by atomic mass is 16.5. The Balaban J connectivity index is 2.61. The van der Waals surface area contributed by atoms with E-state index in [9.17, 15) is 0 Å². The predicted molar refractivity (Wildman–Crippen MR) is 82.7 cm³/mol. The van der Waals surface area contributed by atoms with E-state index in [2.05, 4.69) is 24.1 Å². The van der Waals surface area contributed by atoms with Gasteiger partial charge < -0.3 is 10.1 Å². The first-order valence-electron chi connectivity index (χ1n) is 8.29. The second-order valence-corrected chi connectivity index (χ2v) is 5.74. The zero-order chi connectivity index (χ0) is 13.9. The highest BCUT2D eigenvalue weighted by Crippen LogP contribution is 2.22. The number of likely N-dealkylation sites (N-methyl/N-ethyl adjacent to an activating group) is 1. The average molecular weight is 270 g/mol. The first-order chi connectivity index (χ1) is 9.33. The lowest BCUT2D eigenvalue weighted by Gasteiger charge is -2.38. The molecule has 1 saturated carbocycles. The van der Waals surface area contributed by atoms with Crippen LogP contribution in [-0.2, 0) is 4.74 Å². The highest BCUT2D eigenvalue weighted by Gasteiger charge is 2.26. The van der Waals surface area contributed by atoms with Crippen LogP contribution in [0.3, 0.4) is 0 Å². The molecule has 0 amide bonds. The van der Waals surface area contributed by atoms with Crippen molar-refractivity contribution in [2.75, 3.05) is 33.4 Å². The summed E-state index contributed by atoms with van der Waals surface area (Å²) in [5, 5.41) is 3.80. The van der Waals surface area contributed by atoms with E-state index >= 15 is 0 Å². The van der Waals surface area contributed by atoms with Crippen LogP contribution in [0.15, 0.2) is 0 Å². The Labute approximate surface area is 120 Å². The van der Waals surface area contributed by atoms with E-state index in [-0.39, 0.29) is 0 Å². The average Bonchev–Trinajstić information content (AvgIpc) is 2.40. The van der Waals surface area contributed by atoms with Crippen LogP contribution in [0.5, 0.6) is 0 Å². The fraction of sp³-hybridized carbons (Fsp3) is 1.00. The highest BCUT2D eigenvalue weighted by molar-refractivity contribution is 4.85. The largest absolute Gasteiger partial charge is 0.383 e. The molecule has 3 heteroatoms. The smallest absolute Gasteiger partial charge is 0.0589 e. The van der Waals surface area contributed by atoms with Crippen LogP contribution in [0.1, 0.15) is 58.8 Å². The van der Waals surface area contributed by atoms with Gasteiger partial charge in [0.1, 0.15) is 0 Å². The molecule has 1 N–H and O–H groups in total. The van der Waals surface area contributed by atoms with E-state index in [4.69, 9.17) is 4.74 Å². The summed E-state index contributed by atoms with van der Waals surface area (Å²) in [4.78, 5) is 2.63. The zero-order valence-electron chi connectivity index (χ0n) is 13.3. The van der Waals surface area contributed by atoms with Crippen LogP contribution in [0.4, 0.5) is 0 Å². The van der Waals surface area contributed by atoms with Crippen molar-refractivity contribution in [2.45, 2.75) is 70.9 Å². The molecule has 1 rings (SSSR count). The maximum atomic E-state index is 5.28. The van der Waals surface area contributed by atoms with Gasteiger partial charge in [-0.15, -0.1) is 0 Å². The lowest BCUT2D eigenvalue weighted by Crippen LogP contribution is -2.51. The van der Waals surface area contributed by atoms with E-state index in [0.29, 0.717) is 12.1 Å². The van der Waals surface area contributed by atoms with Crippen molar-refractivity contribution in [3.63, 3.8) is 0 Å². The van der Waals surface area contributed by atoms with Gasteiger partial charge in [-0.2, -0.15) is 0 Å². The van der Waals surface area contributed by atoms with Crippen LogP contribution in [0, 0.1) is 0 Å². The molecule has 114 valence electrons. The quantitative estimate of drug-likeness (QED) is 0.733. The summed E-state index contributed by atoms with van der Waals surface area (Å²) in [6.45, 7) is 8.76. The topological polar surface area (TPSA) is 24.5 Å². The normalized spacial score (nSPS) is 25.3. The fourth-order valence-electron chi connectivity index (χ4n) is 3.24. The number of hydrogen-bond acceptors (Lipinski definition) is 3. The third kappa shape index (κ3) is 6.24. The minimum absolute atomic E-state index is 0.678. The van der Waals surface area contributed by atoms with Gasteiger partial charge in [-0.1, -0.05) is 39.5 Å². The van der Waals surface area contributed by atoms with E-state index in [1.165, 1.54) is 44.9 Å². The van der Waals surface area contributed by atoms with Crippen molar-refractivity contribution < 1.29 is 4.74 Å². The van der Waals surface area contributed by atoms with Gasteiger partial charge in [0.2, 0.25) is 0 Å². The molecule has 0 aromatic heterocycles. The molecule has 0 aromatic carbocycles. The van der Waals surface area contributed by atoms with Crippen LogP contribution in [-0.4, -0.2) is 50.3 Å². The molecule has 0 bridgehead atoms. The molecule has 0 radical (unpaired) electrons. The van der Waals surface area contributed by atoms with Crippen molar-refractivity contribution in [2.24, 2.45) is 0 Å². The number of nitrogens with one attached hydrogen (secondary N) is 1. The van der Waals surface area contributed by atoms with E-state index in [1.54, 1.807) is 7.11 Å². The van der Waals surface area contributed by atoms with Gasteiger partial charge in [-0.3, -0.25) is 4.90 Å². The van der Waals surface area contributed by atoms with Crippen LogP contribution in [0.2, 0.25) is 0 Å². The maximum absolute atomic E-state index is 5.28. The SMILES string of the molecule is CCCNC1CCCCCCC1N(CC)CCOC. The molecular weight excluding hydrogens is 236 g/mol. The molecule has 3 nitrogen and oxygen atoms in total. The third-order valence-corrected chi connectivity index (χ3v) is 4.34. The van der Waals surface area contributed by atoms with Crippen LogP contribution < -0.4 is 5.32 Å². The van der Waals surface area contributed by atoms with Crippen molar-refractivity contribution in [3.8, 4) is 0 Å². The van der Waals surface area contributed by atoms with Gasteiger partial charge in [0.15, 0.2) is 0 Å². The molecule has 0 spiro atoms. The Bertz CT molecular complexity index is 209. The molecule has 0 saturated heterocycles. The molecule has 2 atom stereocenters. The van der Waals surface area contributed by atoms with Crippen LogP contribution >= 0.6 is 0 Å². The fourth-order valence-corrected chi connectivity index (χ4v) is 3.24. The number of rotatable bonds is 8. The number of ether oxygens (including phenoxy) is 1. The summed E-state index contributed by atoms with van der Waals surface area (Å²) in [5.41, 5.74) is 0. The molecule has 1 aliphatic carbocycles. The van der Waals surface area contributed by atoms with Crippen molar-refractivity contribution in [1.82, 2.24) is 10.2 Å².